The summed E-state index contributed by atoms with van der Waals surface area (Å²) in [5.41, 5.74) is -1.24. The monoisotopic (exact) mass is 630 g/mol. The van der Waals surface area contributed by atoms with E-state index in [1.807, 2.05) is 0 Å². The molecule has 0 saturated carbocycles. The van der Waals surface area contributed by atoms with E-state index in [1.54, 1.807) is 27.9 Å². The highest BCUT2D eigenvalue weighted by Crippen LogP contribution is 2.27. The molecular weight excluding hydrogens is 594 g/mol. The highest BCUT2D eigenvalue weighted by molar-refractivity contribution is 5.95. The Kier molecular flexibility index (Phi) is 11.2. The fraction of sp³-hybridized carbons (Fsp3) is 0.400. The molecule has 0 bridgehead atoms. The summed E-state index contributed by atoms with van der Waals surface area (Å²) in [7, 11) is 6.02. The van der Waals surface area contributed by atoms with Crippen LogP contribution in [0, 0.1) is 17.6 Å². The van der Waals surface area contributed by atoms with Crippen molar-refractivity contribution in [2.24, 2.45) is 5.92 Å². The number of nitrogens with one attached hydrogen (secondary N) is 1. The Morgan fingerprint density at radius 2 is 1.82 bits per heavy atom. The van der Waals surface area contributed by atoms with Gasteiger partial charge in [-0.15, -0.1) is 0 Å². The van der Waals surface area contributed by atoms with Crippen LogP contribution in [0.15, 0.2) is 41.3 Å². The molecule has 0 radical (unpaired) electrons. The minimum Gasteiger partial charge on any atom is -0.464 e. The quantitative estimate of drug-likeness (QED) is 0.304. The van der Waals surface area contributed by atoms with E-state index in [-0.39, 0.29) is 59.2 Å². The average Bonchev–Trinajstić information content (AvgIpc) is 3.31. The predicted octanol–water partition coefficient (Wildman–Crippen LogP) is 3.68. The van der Waals surface area contributed by atoms with Gasteiger partial charge in [-0.3, -0.25) is 14.4 Å². The number of likely N-dealkylation sites (N-methyl/N-ethyl adjacent to an activating group) is 1. The number of carbonyl (C=O) groups is 4. The van der Waals surface area contributed by atoms with Crippen LogP contribution in [-0.4, -0.2) is 87.3 Å². The Bertz CT molecular complexity index is 1690. The van der Waals surface area contributed by atoms with Crippen molar-refractivity contribution in [1.82, 2.24) is 23.9 Å². The second-order valence-electron chi connectivity index (χ2n) is 11.1. The number of halogens is 2. The third-order valence-electron chi connectivity index (χ3n) is 6.60. The minimum absolute atomic E-state index is 0.00187. The number of imidazole rings is 1. The van der Waals surface area contributed by atoms with Gasteiger partial charge in [0.15, 0.2) is 17.7 Å². The molecule has 242 valence electrons. The Labute approximate surface area is 257 Å². The first-order valence-electron chi connectivity index (χ1n) is 14.0. The van der Waals surface area contributed by atoms with Gasteiger partial charge in [0.1, 0.15) is 11.5 Å². The predicted molar refractivity (Wildman–Crippen MR) is 161 cm³/mol. The number of allylic oxidation sites excluding steroid dienone is 1. The standard InChI is InChI=1S/C30H36F2N6O7/c1-17(2)14-18-25(32)19(31)15-21-26(18)34-23(38(21)29(42)43)16-37-13-9-10-20(28(37)41)33-27(40)22(45-30(44)36(5)6)11-7-8-12-24(39)35(3)4/h8-10,12-13,15,17,22H,7,11,14,16H2,1-6H3,(H,33,40)(H,42,43). The molecule has 13 nitrogen and oxygen atoms in total. The topological polar surface area (TPSA) is 156 Å². The Morgan fingerprint density at radius 3 is 2.42 bits per heavy atom. The van der Waals surface area contributed by atoms with Crippen LogP contribution in [0.1, 0.15) is 38.1 Å². The number of carboxylic acid groups (broad SMARTS) is 1. The molecule has 1 atom stereocenters. The largest absolute Gasteiger partial charge is 0.464 e. The molecule has 1 aromatic carbocycles. The van der Waals surface area contributed by atoms with Gasteiger partial charge in [0.2, 0.25) is 5.91 Å². The number of pyridine rings is 1. The zero-order chi connectivity index (χ0) is 33.6. The summed E-state index contributed by atoms with van der Waals surface area (Å²) in [5, 5.41) is 12.4. The van der Waals surface area contributed by atoms with E-state index in [4.69, 9.17) is 4.74 Å². The van der Waals surface area contributed by atoms with Crippen molar-refractivity contribution in [2.45, 2.75) is 45.8 Å². The summed E-state index contributed by atoms with van der Waals surface area (Å²) in [6, 6.07) is 3.48. The van der Waals surface area contributed by atoms with Gasteiger partial charge in [0.25, 0.3) is 11.5 Å². The van der Waals surface area contributed by atoms with Crippen molar-refractivity contribution >= 4 is 40.7 Å². The summed E-state index contributed by atoms with van der Waals surface area (Å²) >= 11 is 0. The summed E-state index contributed by atoms with van der Waals surface area (Å²) < 4.78 is 36.3. The van der Waals surface area contributed by atoms with Gasteiger partial charge in [-0.2, -0.15) is 0 Å². The summed E-state index contributed by atoms with van der Waals surface area (Å²) in [5.74, 6) is -3.70. The average molecular weight is 631 g/mol. The molecule has 3 rings (SSSR count). The maximum absolute atomic E-state index is 14.7. The second-order valence-corrected chi connectivity index (χ2v) is 11.1. The zero-order valence-corrected chi connectivity index (χ0v) is 25.8. The van der Waals surface area contributed by atoms with Gasteiger partial charge in [-0.25, -0.2) is 27.9 Å². The molecule has 3 aromatic rings. The number of fused-ring (bicyclic) bond motifs is 1. The fourth-order valence-electron chi connectivity index (χ4n) is 4.36. The molecule has 0 fully saturated rings. The molecule has 2 N–H and O–H groups in total. The lowest BCUT2D eigenvalue weighted by Crippen LogP contribution is -2.37. The number of anilines is 1. The normalized spacial score (nSPS) is 12.0. The second kappa shape index (κ2) is 14.6. The number of hydrogen-bond acceptors (Lipinski definition) is 7. The fourth-order valence-corrected chi connectivity index (χ4v) is 4.36. The van der Waals surface area contributed by atoms with E-state index in [0.717, 1.165) is 15.5 Å². The van der Waals surface area contributed by atoms with Crippen molar-refractivity contribution in [3.8, 4) is 0 Å². The number of hydrogen-bond donors (Lipinski definition) is 2. The lowest BCUT2D eigenvalue weighted by atomic mass is 10.0. The Hall–Kier alpha value is -5.08. The summed E-state index contributed by atoms with van der Waals surface area (Å²) in [6.45, 7) is 3.16. The maximum Gasteiger partial charge on any atom is 0.417 e. The summed E-state index contributed by atoms with van der Waals surface area (Å²) in [4.78, 5) is 69.5. The van der Waals surface area contributed by atoms with Crippen molar-refractivity contribution in [1.29, 1.82) is 0 Å². The van der Waals surface area contributed by atoms with Crippen molar-refractivity contribution in [3.63, 3.8) is 0 Å². The van der Waals surface area contributed by atoms with Gasteiger partial charge in [0, 0.05) is 46.0 Å². The van der Waals surface area contributed by atoms with Crippen molar-refractivity contribution in [2.75, 3.05) is 33.5 Å². The minimum atomic E-state index is -1.52. The SMILES string of the molecule is CC(C)Cc1c(F)c(F)cc2c1nc(Cn1cccc(NC(=O)C(CCC=CC(=O)N(C)C)OC(=O)N(C)C)c1=O)n2C(=O)O. The van der Waals surface area contributed by atoms with Crippen LogP contribution in [0.3, 0.4) is 0 Å². The van der Waals surface area contributed by atoms with Crippen LogP contribution >= 0.6 is 0 Å². The lowest BCUT2D eigenvalue weighted by molar-refractivity contribution is -0.125. The molecule has 0 aliphatic heterocycles. The van der Waals surface area contributed by atoms with E-state index in [2.05, 4.69) is 10.3 Å². The number of rotatable bonds is 11. The highest BCUT2D eigenvalue weighted by atomic mass is 19.2. The smallest absolute Gasteiger partial charge is 0.417 e. The zero-order valence-electron chi connectivity index (χ0n) is 25.8. The van der Waals surface area contributed by atoms with Crippen LogP contribution in [0.2, 0.25) is 0 Å². The van der Waals surface area contributed by atoms with E-state index in [1.165, 1.54) is 49.5 Å². The van der Waals surface area contributed by atoms with E-state index < -0.39 is 47.9 Å². The van der Waals surface area contributed by atoms with Gasteiger partial charge >= 0.3 is 12.2 Å². The molecule has 0 spiro atoms. The molecule has 2 aromatic heterocycles. The molecule has 2 heterocycles. The number of nitrogens with zero attached hydrogens (tertiary/aromatic N) is 5. The van der Waals surface area contributed by atoms with E-state index >= 15 is 0 Å². The van der Waals surface area contributed by atoms with Gasteiger partial charge in [-0.05, 0) is 43.4 Å². The molecular formula is C30H36F2N6O7. The lowest BCUT2D eigenvalue weighted by Gasteiger charge is -2.19. The van der Waals surface area contributed by atoms with E-state index in [9.17, 15) is 37.9 Å². The molecule has 1 unspecified atom stereocenters. The van der Waals surface area contributed by atoms with Gasteiger partial charge in [-0.1, -0.05) is 19.9 Å². The molecule has 45 heavy (non-hydrogen) atoms. The number of ether oxygens (including phenoxy) is 1. The number of amides is 3. The van der Waals surface area contributed by atoms with Crippen molar-refractivity contribution < 1.29 is 37.8 Å². The number of aromatic nitrogens is 3. The molecule has 0 saturated heterocycles. The maximum atomic E-state index is 14.7. The first kappa shape index (κ1) is 34.4. The molecule has 3 amide bonds. The van der Waals surface area contributed by atoms with Crippen LogP contribution in [-0.2, 0) is 27.3 Å². The van der Waals surface area contributed by atoms with E-state index in [0.29, 0.717) is 4.57 Å². The Balaban J connectivity index is 1.93. The van der Waals surface area contributed by atoms with Gasteiger partial charge in [0.05, 0.1) is 17.6 Å². The van der Waals surface area contributed by atoms with Crippen molar-refractivity contribution in [3.05, 3.63) is 69.9 Å². The molecule has 0 aliphatic carbocycles. The highest BCUT2D eigenvalue weighted by Gasteiger charge is 2.26. The summed E-state index contributed by atoms with van der Waals surface area (Å²) in [6.07, 6.45) is 0.824. The van der Waals surface area contributed by atoms with Crippen LogP contribution in [0.5, 0.6) is 0 Å². The molecule has 15 heteroatoms. The third-order valence-corrected chi connectivity index (χ3v) is 6.60. The van der Waals surface area contributed by atoms with Crippen LogP contribution < -0.4 is 10.9 Å². The third kappa shape index (κ3) is 8.31. The number of benzene rings is 1. The van der Waals surface area contributed by atoms with Crippen LogP contribution in [0.4, 0.5) is 24.1 Å². The Morgan fingerprint density at radius 1 is 1.13 bits per heavy atom. The van der Waals surface area contributed by atoms with Gasteiger partial charge < -0.3 is 29.5 Å². The van der Waals surface area contributed by atoms with Crippen LogP contribution in [0.25, 0.3) is 11.0 Å². The first-order valence-corrected chi connectivity index (χ1v) is 14.0. The molecule has 0 aliphatic rings. The first-order chi connectivity index (χ1) is 21.1. The number of carbonyl (C=O) groups excluding carboxylic acids is 3.